The van der Waals surface area contributed by atoms with E-state index in [2.05, 4.69) is 42.0 Å². The van der Waals surface area contributed by atoms with Crippen LogP contribution < -0.4 is 5.32 Å². The largest absolute Gasteiger partial charge is 0.366 e. The number of hydrogen-bond acceptors (Lipinski definition) is 3. The molecule has 0 aliphatic heterocycles. The minimum absolute atomic E-state index is 0.610. The third-order valence-corrected chi connectivity index (χ3v) is 4.41. The quantitative estimate of drug-likeness (QED) is 0.866. The summed E-state index contributed by atoms with van der Waals surface area (Å²) in [4.78, 5) is 4.38. The van der Waals surface area contributed by atoms with E-state index in [0.717, 1.165) is 11.1 Å². The standard InChI is InChI=1S/C13H20N2S/c1-3-16-12-6-4-5-11(12)15-13-9-10(2)7-8-14-13/h7-9,11-12H,3-6H2,1-2H3,(H,14,15). The van der Waals surface area contributed by atoms with Gasteiger partial charge in [0, 0.05) is 17.5 Å². The molecule has 1 aromatic rings. The number of hydrogen-bond donors (Lipinski definition) is 1. The molecule has 2 atom stereocenters. The number of rotatable bonds is 4. The van der Waals surface area contributed by atoms with Crippen LogP contribution >= 0.6 is 11.8 Å². The van der Waals surface area contributed by atoms with E-state index in [0.29, 0.717) is 6.04 Å². The lowest BCUT2D eigenvalue weighted by Crippen LogP contribution is -2.26. The molecule has 1 aliphatic rings. The Kier molecular flexibility index (Phi) is 4.10. The number of nitrogens with one attached hydrogen (secondary N) is 1. The van der Waals surface area contributed by atoms with Gasteiger partial charge in [-0.15, -0.1) is 0 Å². The monoisotopic (exact) mass is 236 g/mol. The van der Waals surface area contributed by atoms with Gasteiger partial charge in [-0.05, 0) is 43.2 Å². The van der Waals surface area contributed by atoms with Gasteiger partial charge < -0.3 is 5.32 Å². The predicted molar refractivity (Wildman–Crippen MR) is 72.2 cm³/mol. The van der Waals surface area contributed by atoms with Gasteiger partial charge in [0.1, 0.15) is 5.82 Å². The van der Waals surface area contributed by atoms with E-state index >= 15 is 0 Å². The number of pyridine rings is 1. The topological polar surface area (TPSA) is 24.9 Å². The zero-order valence-electron chi connectivity index (χ0n) is 10.1. The second-order valence-corrected chi connectivity index (χ2v) is 5.91. The summed E-state index contributed by atoms with van der Waals surface area (Å²) in [7, 11) is 0. The van der Waals surface area contributed by atoms with Crippen molar-refractivity contribution in [2.75, 3.05) is 11.1 Å². The van der Waals surface area contributed by atoms with Crippen LogP contribution in [-0.2, 0) is 0 Å². The molecular formula is C13H20N2S. The smallest absolute Gasteiger partial charge is 0.126 e. The SMILES string of the molecule is CCSC1CCCC1Nc1cc(C)ccn1. The van der Waals surface area contributed by atoms with Crippen molar-refractivity contribution >= 4 is 17.6 Å². The van der Waals surface area contributed by atoms with Crippen LogP contribution in [0.2, 0.25) is 0 Å². The van der Waals surface area contributed by atoms with Gasteiger partial charge in [-0.1, -0.05) is 13.3 Å². The Morgan fingerprint density at radius 1 is 1.50 bits per heavy atom. The number of aryl methyl sites for hydroxylation is 1. The maximum Gasteiger partial charge on any atom is 0.126 e. The van der Waals surface area contributed by atoms with Crippen molar-refractivity contribution in [3.63, 3.8) is 0 Å². The molecule has 1 N–H and O–H groups in total. The van der Waals surface area contributed by atoms with E-state index in [1.54, 1.807) is 0 Å². The molecule has 0 saturated heterocycles. The highest BCUT2D eigenvalue weighted by molar-refractivity contribution is 7.99. The molecular weight excluding hydrogens is 216 g/mol. The highest BCUT2D eigenvalue weighted by Crippen LogP contribution is 2.31. The number of aromatic nitrogens is 1. The van der Waals surface area contributed by atoms with Gasteiger partial charge in [0.2, 0.25) is 0 Å². The van der Waals surface area contributed by atoms with Gasteiger partial charge in [0.05, 0.1) is 0 Å². The summed E-state index contributed by atoms with van der Waals surface area (Å²) in [6, 6.07) is 4.78. The van der Waals surface area contributed by atoms with Crippen molar-refractivity contribution in [2.45, 2.75) is 44.4 Å². The van der Waals surface area contributed by atoms with Crippen LogP contribution in [0, 0.1) is 6.92 Å². The maximum absolute atomic E-state index is 4.38. The van der Waals surface area contributed by atoms with Gasteiger partial charge in [-0.3, -0.25) is 0 Å². The first-order chi connectivity index (χ1) is 7.79. The zero-order valence-corrected chi connectivity index (χ0v) is 10.9. The van der Waals surface area contributed by atoms with Crippen molar-refractivity contribution in [3.8, 4) is 0 Å². The van der Waals surface area contributed by atoms with Crippen LogP contribution in [0.5, 0.6) is 0 Å². The lowest BCUT2D eigenvalue weighted by molar-refractivity contribution is 0.762. The van der Waals surface area contributed by atoms with Crippen molar-refractivity contribution in [3.05, 3.63) is 23.9 Å². The van der Waals surface area contributed by atoms with Gasteiger partial charge in [0.25, 0.3) is 0 Å². The third kappa shape index (κ3) is 2.91. The molecule has 2 rings (SSSR count). The molecule has 1 saturated carbocycles. The van der Waals surface area contributed by atoms with Gasteiger partial charge in [0.15, 0.2) is 0 Å². The van der Waals surface area contributed by atoms with Crippen molar-refractivity contribution in [1.82, 2.24) is 4.98 Å². The Morgan fingerprint density at radius 2 is 2.38 bits per heavy atom. The Hall–Kier alpha value is -0.700. The van der Waals surface area contributed by atoms with E-state index in [4.69, 9.17) is 0 Å². The fourth-order valence-electron chi connectivity index (χ4n) is 2.31. The zero-order chi connectivity index (χ0) is 11.4. The molecule has 1 aliphatic carbocycles. The highest BCUT2D eigenvalue weighted by Gasteiger charge is 2.27. The molecule has 1 aromatic heterocycles. The van der Waals surface area contributed by atoms with Gasteiger partial charge in [-0.25, -0.2) is 4.98 Å². The van der Waals surface area contributed by atoms with Crippen LogP contribution in [0.15, 0.2) is 18.3 Å². The first-order valence-corrected chi connectivity index (χ1v) is 7.15. The summed E-state index contributed by atoms with van der Waals surface area (Å²) in [5.74, 6) is 2.25. The van der Waals surface area contributed by atoms with Crippen LogP contribution in [0.3, 0.4) is 0 Å². The average molecular weight is 236 g/mol. The van der Waals surface area contributed by atoms with Crippen LogP contribution in [0.4, 0.5) is 5.82 Å². The van der Waals surface area contributed by atoms with E-state index in [-0.39, 0.29) is 0 Å². The number of nitrogens with zero attached hydrogens (tertiary/aromatic N) is 1. The molecule has 0 bridgehead atoms. The minimum atomic E-state index is 0.610. The molecule has 1 fully saturated rings. The van der Waals surface area contributed by atoms with Crippen molar-refractivity contribution in [1.29, 1.82) is 0 Å². The summed E-state index contributed by atoms with van der Waals surface area (Å²) in [5, 5.41) is 4.36. The summed E-state index contributed by atoms with van der Waals surface area (Å²) >= 11 is 2.08. The minimum Gasteiger partial charge on any atom is -0.366 e. The molecule has 0 amide bonds. The molecule has 2 nitrogen and oxygen atoms in total. The third-order valence-electron chi connectivity index (χ3n) is 3.08. The number of thioether (sulfide) groups is 1. The van der Waals surface area contributed by atoms with Crippen molar-refractivity contribution < 1.29 is 0 Å². The Balaban J connectivity index is 1.98. The normalized spacial score (nSPS) is 24.6. The molecule has 3 heteroatoms. The fourth-order valence-corrected chi connectivity index (χ4v) is 3.51. The summed E-state index contributed by atoms with van der Waals surface area (Å²) in [6.07, 6.45) is 5.87. The molecule has 1 heterocycles. The number of anilines is 1. The maximum atomic E-state index is 4.38. The first kappa shape index (κ1) is 11.8. The fraction of sp³-hybridized carbons (Fsp3) is 0.615. The lowest BCUT2D eigenvalue weighted by atomic mass is 10.2. The highest BCUT2D eigenvalue weighted by atomic mass is 32.2. The van der Waals surface area contributed by atoms with E-state index in [1.165, 1.54) is 30.6 Å². The van der Waals surface area contributed by atoms with E-state index in [1.807, 2.05) is 12.3 Å². The molecule has 16 heavy (non-hydrogen) atoms. The van der Waals surface area contributed by atoms with Crippen LogP contribution in [0.25, 0.3) is 0 Å². The van der Waals surface area contributed by atoms with Gasteiger partial charge in [-0.2, -0.15) is 11.8 Å². The Bertz CT molecular complexity index is 340. The average Bonchev–Trinajstić information content (AvgIpc) is 2.66. The molecule has 0 radical (unpaired) electrons. The lowest BCUT2D eigenvalue weighted by Gasteiger charge is -2.20. The Labute approximate surface area is 102 Å². The first-order valence-electron chi connectivity index (χ1n) is 6.10. The van der Waals surface area contributed by atoms with Crippen LogP contribution in [-0.4, -0.2) is 22.0 Å². The predicted octanol–water partition coefficient (Wildman–Crippen LogP) is 3.48. The van der Waals surface area contributed by atoms with Gasteiger partial charge >= 0.3 is 0 Å². The van der Waals surface area contributed by atoms with E-state index < -0.39 is 0 Å². The second kappa shape index (κ2) is 5.58. The van der Waals surface area contributed by atoms with E-state index in [9.17, 15) is 0 Å². The van der Waals surface area contributed by atoms with Crippen molar-refractivity contribution in [2.24, 2.45) is 0 Å². The summed E-state index contributed by atoms with van der Waals surface area (Å²) in [5.41, 5.74) is 1.27. The molecule has 0 spiro atoms. The Morgan fingerprint density at radius 3 is 3.12 bits per heavy atom. The summed E-state index contributed by atoms with van der Waals surface area (Å²) in [6.45, 7) is 4.35. The van der Waals surface area contributed by atoms with Crippen LogP contribution in [0.1, 0.15) is 31.7 Å². The molecule has 2 unspecified atom stereocenters. The second-order valence-electron chi connectivity index (χ2n) is 4.39. The molecule has 0 aromatic carbocycles. The summed E-state index contributed by atoms with van der Waals surface area (Å²) < 4.78 is 0. The molecule has 88 valence electrons.